The van der Waals surface area contributed by atoms with Crippen LogP contribution in [-0.2, 0) is 10.9 Å². The molecule has 4 heterocycles. The van der Waals surface area contributed by atoms with Gasteiger partial charge >= 0.3 is 12.2 Å². The fourth-order valence-corrected chi connectivity index (χ4v) is 5.36. The highest BCUT2D eigenvalue weighted by Gasteiger charge is 2.38. The van der Waals surface area contributed by atoms with E-state index in [4.69, 9.17) is 9.47 Å². The number of amides is 2. The Balaban J connectivity index is 1.36. The van der Waals surface area contributed by atoms with Gasteiger partial charge in [-0.25, -0.2) is 9.67 Å². The first kappa shape index (κ1) is 34.0. The lowest BCUT2D eigenvalue weighted by atomic mass is 10.1. The van der Waals surface area contributed by atoms with E-state index in [9.17, 15) is 22.8 Å². The number of carbonyl (C=O) groups is 2. The van der Waals surface area contributed by atoms with Crippen molar-refractivity contribution in [3.63, 3.8) is 0 Å². The Morgan fingerprint density at radius 2 is 1.91 bits per heavy atom. The number of piperazine rings is 1. The van der Waals surface area contributed by atoms with E-state index >= 15 is 0 Å². The summed E-state index contributed by atoms with van der Waals surface area (Å²) in [5.41, 5.74) is -0.769. The molecule has 2 saturated heterocycles. The zero-order valence-corrected chi connectivity index (χ0v) is 26.6. The molecule has 2 amide bonds. The van der Waals surface area contributed by atoms with Crippen molar-refractivity contribution in [2.75, 3.05) is 82.9 Å². The van der Waals surface area contributed by atoms with Crippen LogP contribution in [0.25, 0.3) is 5.69 Å². The summed E-state index contributed by atoms with van der Waals surface area (Å²) in [4.78, 5) is 40.0. The Kier molecular flexibility index (Phi) is 10.9. The molecule has 1 aromatic carbocycles. The smallest absolute Gasteiger partial charge is 0.434 e. The Labute approximate surface area is 270 Å². The summed E-state index contributed by atoms with van der Waals surface area (Å²) >= 11 is 0. The number of nitrogens with zero attached hydrogens (tertiary/aromatic N) is 8. The van der Waals surface area contributed by atoms with Crippen molar-refractivity contribution in [1.82, 2.24) is 40.1 Å². The van der Waals surface area contributed by atoms with E-state index in [1.54, 1.807) is 25.1 Å². The highest BCUT2D eigenvalue weighted by molar-refractivity contribution is 6.06. The standard InChI is InChI=1S/C30H39F3N10O4/c1-4-47-29-35-17-22(26(37-29)30(31,32)33)27(44)36-23-16-21(6-7-25(23)42-11-10-40(3)20(2)18-42)43-19-24(38-39-43)28(45)34-8-5-9-41-12-14-46-15-13-41/h6-7,16-17,19-20H,4-5,8-15,18H2,1-3H3,(H,34,45)(H,36,44)/t20-/m1/s1. The Bertz CT molecular complexity index is 1550. The van der Waals surface area contributed by atoms with E-state index in [0.29, 0.717) is 44.2 Å². The molecule has 0 radical (unpaired) electrons. The summed E-state index contributed by atoms with van der Waals surface area (Å²) in [7, 11) is 2.01. The van der Waals surface area contributed by atoms with E-state index in [1.807, 2.05) is 7.05 Å². The molecule has 3 aromatic rings. The van der Waals surface area contributed by atoms with Gasteiger partial charge in [0.05, 0.1) is 48.6 Å². The largest absolute Gasteiger partial charge is 0.464 e. The van der Waals surface area contributed by atoms with Crippen LogP contribution in [0.15, 0.2) is 30.6 Å². The summed E-state index contributed by atoms with van der Waals surface area (Å²) in [6, 6.07) is 4.79. The summed E-state index contributed by atoms with van der Waals surface area (Å²) in [6.45, 7) is 10.2. The number of morpholine rings is 1. The van der Waals surface area contributed by atoms with Gasteiger partial charge in [-0.1, -0.05) is 5.21 Å². The molecule has 0 aliphatic carbocycles. The number of aromatic nitrogens is 5. The first-order chi connectivity index (χ1) is 22.5. The van der Waals surface area contributed by atoms with Crippen LogP contribution in [0, 0.1) is 0 Å². The summed E-state index contributed by atoms with van der Waals surface area (Å²) in [5.74, 6) is -1.43. The van der Waals surface area contributed by atoms with Crippen molar-refractivity contribution in [2.45, 2.75) is 32.5 Å². The van der Waals surface area contributed by atoms with Crippen molar-refractivity contribution in [2.24, 2.45) is 0 Å². The first-order valence-electron chi connectivity index (χ1n) is 15.5. The maximum absolute atomic E-state index is 14.0. The molecular weight excluding hydrogens is 621 g/mol. The maximum atomic E-state index is 14.0. The molecule has 47 heavy (non-hydrogen) atoms. The number of carbonyl (C=O) groups excluding carboxylic acids is 2. The predicted octanol–water partition coefficient (Wildman–Crippen LogP) is 2.32. The molecule has 5 rings (SSSR count). The molecule has 2 aromatic heterocycles. The minimum absolute atomic E-state index is 0.0586. The summed E-state index contributed by atoms with van der Waals surface area (Å²) in [5, 5.41) is 13.6. The lowest BCUT2D eigenvalue weighted by Crippen LogP contribution is -2.50. The quantitative estimate of drug-likeness (QED) is 0.293. The number of halogens is 3. The monoisotopic (exact) mass is 660 g/mol. The third kappa shape index (κ3) is 8.52. The Morgan fingerprint density at radius 1 is 1.13 bits per heavy atom. The van der Waals surface area contributed by atoms with Crippen LogP contribution in [0.2, 0.25) is 0 Å². The molecular formula is C30H39F3N10O4. The van der Waals surface area contributed by atoms with E-state index in [0.717, 1.165) is 38.8 Å². The van der Waals surface area contributed by atoms with Gasteiger partial charge < -0.3 is 29.9 Å². The topological polar surface area (TPSA) is 143 Å². The predicted molar refractivity (Wildman–Crippen MR) is 166 cm³/mol. The molecule has 0 bridgehead atoms. The van der Waals surface area contributed by atoms with Gasteiger partial charge in [0.15, 0.2) is 11.4 Å². The Morgan fingerprint density at radius 3 is 2.64 bits per heavy atom. The highest BCUT2D eigenvalue weighted by Crippen LogP contribution is 2.34. The third-order valence-corrected chi connectivity index (χ3v) is 8.11. The number of nitrogens with one attached hydrogen (secondary N) is 2. The molecule has 2 fully saturated rings. The molecule has 14 nitrogen and oxygen atoms in total. The van der Waals surface area contributed by atoms with Gasteiger partial charge in [0.25, 0.3) is 11.8 Å². The van der Waals surface area contributed by atoms with Crippen LogP contribution >= 0.6 is 0 Å². The van der Waals surface area contributed by atoms with Gasteiger partial charge in [-0.3, -0.25) is 14.5 Å². The highest BCUT2D eigenvalue weighted by atomic mass is 19.4. The average Bonchev–Trinajstić information content (AvgIpc) is 3.55. The first-order valence-corrected chi connectivity index (χ1v) is 15.5. The van der Waals surface area contributed by atoms with E-state index in [2.05, 4.69) is 52.5 Å². The summed E-state index contributed by atoms with van der Waals surface area (Å²) < 4.78 is 53.6. The van der Waals surface area contributed by atoms with Crippen LogP contribution in [-0.4, -0.2) is 125 Å². The zero-order chi connectivity index (χ0) is 33.6. The second kappa shape index (κ2) is 15.0. The Hall–Kier alpha value is -4.35. The normalized spacial score (nSPS) is 17.8. The lowest BCUT2D eigenvalue weighted by Gasteiger charge is -2.39. The number of rotatable bonds is 11. The number of hydrogen-bond acceptors (Lipinski definition) is 11. The van der Waals surface area contributed by atoms with Crippen molar-refractivity contribution >= 4 is 23.2 Å². The van der Waals surface area contributed by atoms with Gasteiger partial charge in [-0.05, 0) is 52.1 Å². The van der Waals surface area contributed by atoms with E-state index in [-0.39, 0.29) is 29.9 Å². The molecule has 2 aliphatic rings. The fourth-order valence-electron chi connectivity index (χ4n) is 5.36. The van der Waals surface area contributed by atoms with Crippen LogP contribution in [0.4, 0.5) is 24.5 Å². The van der Waals surface area contributed by atoms with Crippen LogP contribution in [0.3, 0.4) is 0 Å². The van der Waals surface area contributed by atoms with E-state index in [1.165, 1.54) is 10.9 Å². The van der Waals surface area contributed by atoms with Crippen LogP contribution in [0.5, 0.6) is 6.01 Å². The van der Waals surface area contributed by atoms with Gasteiger partial charge in [0.1, 0.15) is 0 Å². The maximum Gasteiger partial charge on any atom is 0.434 e. The molecule has 2 N–H and O–H groups in total. The molecule has 0 spiro atoms. The SMILES string of the molecule is CCOc1ncc(C(=O)Nc2cc(-n3cc(C(=O)NCCCN4CCOCC4)nn3)ccc2N2CCN(C)[C@H](C)C2)c(C(F)(F)F)n1. The van der Waals surface area contributed by atoms with Gasteiger partial charge in [0, 0.05) is 51.5 Å². The number of hydrogen-bond donors (Lipinski definition) is 2. The molecule has 254 valence electrons. The lowest BCUT2D eigenvalue weighted by molar-refractivity contribution is -0.141. The molecule has 1 atom stereocenters. The third-order valence-electron chi connectivity index (χ3n) is 8.11. The van der Waals surface area contributed by atoms with Crippen molar-refractivity contribution in [3.8, 4) is 11.7 Å². The fraction of sp³-hybridized carbons (Fsp3) is 0.533. The van der Waals surface area contributed by atoms with Crippen LogP contribution < -0.4 is 20.3 Å². The van der Waals surface area contributed by atoms with Crippen molar-refractivity contribution in [1.29, 1.82) is 0 Å². The molecule has 0 saturated carbocycles. The number of likely N-dealkylation sites (N-methyl/N-ethyl adjacent to an activating group) is 1. The van der Waals surface area contributed by atoms with Crippen LogP contribution in [0.1, 0.15) is 46.8 Å². The minimum Gasteiger partial charge on any atom is -0.464 e. The van der Waals surface area contributed by atoms with E-state index < -0.39 is 29.4 Å². The van der Waals surface area contributed by atoms with Gasteiger partial charge in [0.2, 0.25) is 0 Å². The molecule has 2 aliphatic heterocycles. The molecule has 17 heteroatoms. The second-order valence-electron chi connectivity index (χ2n) is 11.4. The van der Waals surface area contributed by atoms with Crippen molar-refractivity contribution in [3.05, 3.63) is 47.5 Å². The number of alkyl halides is 3. The summed E-state index contributed by atoms with van der Waals surface area (Å²) in [6.07, 6.45) is -1.90. The molecule has 0 unspecified atom stereocenters. The minimum atomic E-state index is -4.93. The zero-order valence-electron chi connectivity index (χ0n) is 26.6. The average molecular weight is 661 g/mol. The number of anilines is 2. The van der Waals surface area contributed by atoms with Gasteiger partial charge in [-0.15, -0.1) is 5.10 Å². The number of benzene rings is 1. The van der Waals surface area contributed by atoms with Gasteiger partial charge in [-0.2, -0.15) is 18.2 Å². The van der Waals surface area contributed by atoms with Crippen molar-refractivity contribution < 1.29 is 32.2 Å². The number of ether oxygens (including phenoxy) is 2. The second-order valence-corrected chi connectivity index (χ2v) is 11.4.